The second-order valence-corrected chi connectivity index (χ2v) is 8.07. The molecule has 0 unspecified atom stereocenters. The van der Waals surface area contributed by atoms with E-state index >= 15 is 0 Å². The van der Waals surface area contributed by atoms with E-state index in [-0.39, 0.29) is 5.91 Å². The first-order valence-electron chi connectivity index (χ1n) is 10.8. The van der Waals surface area contributed by atoms with Gasteiger partial charge >= 0.3 is 0 Å². The number of pyridine rings is 1. The number of nitrogens with one attached hydrogen (secondary N) is 1. The monoisotopic (exact) mass is 466 g/mol. The Labute approximate surface area is 196 Å². The van der Waals surface area contributed by atoms with Crippen LogP contribution in [0.2, 0.25) is 0 Å². The Morgan fingerprint density at radius 2 is 1.76 bits per heavy atom. The molecule has 1 amide bonds. The molecule has 1 aliphatic heterocycles. The normalized spacial score (nSPS) is 24.4. The second kappa shape index (κ2) is 10.3. The lowest BCUT2D eigenvalue weighted by molar-refractivity contribution is -0.277. The van der Waals surface area contributed by atoms with E-state index in [9.17, 15) is 25.2 Å². The first-order valence-corrected chi connectivity index (χ1v) is 10.8. The molecule has 5 atom stereocenters. The molecule has 34 heavy (non-hydrogen) atoms. The first-order chi connectivity index (χ1) is 16.4. The summed E-state index contributed by atoms with van der Waals surface area (Å²) in [6, 6.07) is 16.0. The minimum Gasteiger partial charge on any atom is -0.462 e. The maximum atomic E-state index is 12.4. The third-order valence-corrected chi connectivity index (χ3v) is 5.67. The number of benzene rings is 2. The summed E-state index contributed by atoms with van der Waals surface area (Å²) in [4.78, 5) is 16.4. The van der Waals surface area contributed by atoms with Gasteiger partial charge in [0, 0.05) is 11.8 Å². The van der Waals surface area contributed by atoms with E-state index in [1.54, 1.807) is 42.7 Å². The van der Waals surface area contributed by atoms with Crippen LogP contribution >= 0.6 is 0 Å². The lowest BCUT2D eigenvalue weighted by Crippen LogP contribution is -2.60. The Morgan fingerprint density at radius 1 is 1.03 bits per heavy atom. The Kier molecular flexibility index (Phi) is 7.20. The lowest BCUT2D eigenvalue weighted by Gasteiger charge is -2.39. The van der Waals surface area contributed by atoms with Gasteiger partial charge in [0.05, 0.1) is 18.5 Å². The van der Waals surface area contributed by atoms with Gasteiger partial charge in [-0.05, 0) is 60.0 Å². The zero-order valence-corrected chi connectivity index (χ0v) is 18.4. The molecular formula is C25H26N2O7. The number of carbonyl (C=O) groups is 1. The predicted octanol–water partition coefficient (Wildman–Crippen LogP) is 1.49. The van der Waals surface area contributed by atoms with Crippen LogP contribution < -0.4 is 10.1 Å². The SMILES string of the molecule is Cc1cc(-c2ccc(C(=O)Nc3cccnc3)cc2)ccc1O[C@H]1O[C@@H](CO)[C@@H](O)[C@H](O)[C@H]1O. The van der Waals surface area contributed by atoms with Crippen molar-refractivity contribution >= 4 is 11.6 Å². The number of hydrogen-bond donors (Lipinski definition) is 5. The van der Waals surface area contributed by atoms with Crippen molar-refractivity contribution in [1.29, 1.82) is 0 Å². The second-order valence-electron chi connectivity index (χ2n) is 8.07. The zero-order chi connectivity index (χ0) is 24.2. The fraction of sp³-hybridized carbons (Fsp3) is 0.280. The standard InChI is InChI=1S/C25H26N2O7/c1-14-11-17(8-9-19(14)33-25-23(31)22(30)21(29)20(13-28)34-25)15-4-6-16(7-5-15)24(32)27-18-3-2-10-26-12-18/h2-12,20-23,25,28-31H,13H2,1H3,(H,27,32)/t20-,21+,22-,23+,25-/m0/s1. The number of ether oxygens (including phenoxy) is 2. The van der Waals surface area contributed by atoms with Crippen molar-refractivity contribution in [2.24, 2.45) is 0 Å². The van der Waals surface area contributed by atoms with Gasteiger partial charge in [-0.15, -0.1) is 0 Å². The third kappa shape index (κ3) is 5.09. The highest BCUT2D eigenvalue weighted by atomic mass is 16.7. The fourth-order valence-corrected chi connectivity index (χ4v) is 3.71. The van der Waals surface area contributed by atoms with E-state index in [2.05, 4.69) is 10.3 Å². The van der Waals surface area contributed by atoms with Gasteiger partial charge in [-0.25, -0.2) is 0 Å². The minimum atomic E-state index is -1.51. The Hall–Kier alpha value is -3.34. The molecule has 4 rings (SSSR count). The summed E-state index contributed by atoms with van der Waals surface area (Å²) in [5, 5.41) is 42.2. The van der Waals surface area contributed by atoms with Crippen molar-refractivity contribution in [2.75, 3.05) is 11.9 Å². The number of hydrogen-bond acceptors (Lipinski definition) is 8. The van der Waals surface area contributed by atoms with E-state index in [1.165, 1.54) is 0 Å². The van der Waals surface area contributed by atoms with Gasteiger partial charge in [-0.3, -0.25) is 9.78 Å². The van der Waals surface area contributed by atoms with Crippen molar-refractivity contribution in [3.63, 3.8) is 0 Å². The van der Waals surface area contributed by atoms with Crippen LogP contribution in [0.1, 0.15) is 15.9 Å². The zero-order valence-electron chi connectivity index (χ0n) is 18.4. The van der Waals surface area contributed by atoms with E-state index in [0.717, 1.165) is 16.7 Å². The number of aryl methyl sites for hydroxylation is 1. The van der Waals surface area contributed by atoms with Gasteiger partial charge in [-0.2, -0.15) is 0 Å². The van der Waals surface area contributed by atoms with Gasteiger partial charge in [0.2, 0.25) is 6.29 Å². The van der Waals surface area contributed by atoms with Crippen LogP contribution in [0.15, 0.2) is 67.0 Å². The van der Waals surface area contributed by atoms with Gasteiger partial charge in [0.15, 0.2) is 0 Å². The molecule has 9 nitrogen and oxygen atoms in total. The topological polar surface area (TPSA) is 141 Å². The maximum absolute atomic E-state index is 12.4. The van der Waals surface area contributed by atoms with E-state index in [0.29, 0.717) is 17.0 Å². The molecule has 2 heterocycles. The Bertz CT molecular complexity index is 1120. The molecule has 9 heteroatoms. The van der Waals surface area contributed by atoms with Crippen molar-refractivity contribution in [2.45, 2.75) is 37.6 Å². The van der Waals surface area contributed by atoms with Crippen molar-refractivity contribution in [3.8, 4) is 16.9 Å². The summed E-state index contributed by atoms with van der Waals surface area (Å²) >= 11 is 0. The molecule has 0 saturated carbocycles. The quantitative estimate of drug-likeness (QED) is 0.368. The van der Waals surface area contributed by atoms with Gasteiger partial charge < -0.3 is 35.2 Å². The van der Waals surface area contributed by atoms with Gasteiger partial charge in [0.25, 0.3) is 5.91 Å². The lowest BCUT2D eigenvalue weighted by atomic mass is 9.99. The van der Waals surface area contributed by atoms with Crippen LogP contribution in [-0.4, -0.2) is 68.6 Å². The minimum absolute atomic E-state index is 0.237. The highest BCUT2D eigenvalue weighted by Gasteiger charge is 2.44. The molecule has 2 aromatic carbocycles. The fourth-order valence-electron chi connectivity index (χ4n) is 3.71. The molecule has 0 radical (unpaired) electrons. The Balaban J connectivity index is 1.45. The molecular weight excluding hydrogens is 440 g/mol. The predicted molar refractivity (Wildman–Crippen MR) is 123 cm³/mol. The summed E-state index contributed by atoms with van der Waals surface area (Å²) in [5.74, 6) is 0.180. The van der Waals surface area contributed by atoms with Crippen molar-refractivity contribution in [3.05, 3.63) is 78.1 Å². The van der Waals surface area contributed by atoms with Gasteiger partial charge in [-0.1, -0.05) is 18.2 Å². The third-order valence-electron chi connectivity index (χ3n) is 5.67. The summed E-state index contributed by atoms with van der Waals surface area (Å²) < 4.78 is 11.1. The van der Waals surface area contributed by atoms with Crippen LogP contribution in [0.4, 0.5) is 5.69 Å². The van der Waals surface area contributed by atoms with Crippen LogP contribution in [-0.2, 0) is 4.74 Å². The average molecular weight is 466 g/mol. The molecule has 1 fully saturated rings. The highest BCUT2D eigenvalue weighted by molar-refractivity contribution is 6.04. The number of aromatic nitrogens is 1. The molecule has 1 aliphatic rings. The smallest absolute Gasteiger partial charge is 0.255 e. The summed E-state index contributed by atoms with van der Waals surface area (Å²) in [5.41, 5.74) is 3.64. The molecule has 3 aromatic rings. The van der Waals surface area contributed by atoms with Crippen LogP contribution in [0, 0.1) is 6.92 Å². The van der Waals surface area contributed by atoms with Crippen molar-refractivity contribution in [1.82, 2.24) is 4.98 Å². The Morgan fingerprint density at radius 3 is 2.41 bits per heavy atom. The largest absolute Gasteiger partial charge is 0.462 e. The highest BCUT2D eigenvalue weighted by Crippen LogP contribution is 2.30. The number of amides is 1. The number of aliphatic hydroxyl groups is 4. The molecule has 0 spiro atoms. The van der Waals surface area contributed by atoms with E-state index < -0.39 is 37.3 Å². The van der Waals surface area contributed by atoms with Crippen LogP contribution in [0.25, 0.3) is 11.1 Å². The molecule has 1 saturated heterocycles. The summed E-state index contributed by atoms with van der Waals surface area (Å²) in [6.45, 7) is 1.29. The first kappa shape index (κ1) is 23.8. The van der Waals surface area contributed by atoms with E-state index in [1.807, 2.05) is 31.2 Å². The number of carbonyl (C=O) groups excluding carboxylic acids is 1. The summed E-state index contributed by atoms with van der Waals surface area (Å²) in [7, 11) is 0. The number of anilines is 1. The molecule has 1 aromatic heterocycles. The van der Waals surface area contributed by atoms with Gasteiger partial charge in [0.1, 0.15) is 30.2 Å². The number of nitrogens with zero attached hydrogens (tertiary/aromatic N) is 1. The number of aliphatic hydroxyl groups excluding tert-OH is 4. The van der Waals surface area contributed by atoms with Crippen molar-refractivity contribution < 1.29 is 34.7 Å². The maximum Gasteiger partial charge on any atom is 0.255 e. The van der Waals surface area contributed by atoms with Crippen LogP contribution in [0.3, 0.4) is 0 Å². The van der Waals surface area contributed by atoms with E-state index in [4.69, 9.17) is 9.47 Å². The van der Waals surface area contributed by atoms with Crippen LogP contribution in [0.5, 0.6) is 5.75 Å². The number of rotatable bonds is 6. The molecule has 5 N–H and O–H groups in total. The molecule has 0 aliphatic carbocycles. The molecule has 178 valence electrons. The molecule has 0 bridgehead atoms. The summed E-state index contributed by atoms with van der Waals surface area (Å²) in [6.07, 6.45) is -3.53. The average Bonchev–Trinajstić information content (AvgIpc) is 2.86.